The number of hydrogen-bond donors (Lipinski definition) is 2. The Morgan fingerprint density at radius 3 is 2.31 bits per heavy atom. The fourth-order valence-corrected chi connectivity index (χ4v) is 1.64. The van der Waals surface area contributed by atoms with E-state index in [1.165, 1.54) is 24.3 Å². The van der Waals surface area contributed by atoms with Crippen LogP contribution in [0, 0.1) is 0 Å². The molecule has 0 aliphatic heterocycles. The number of phenols is 1. The van der Waals surface area contributed by atoms with E-state index < -0.39 is 11.7 Å². The van der Waals surface area contributed by atoms with Gasteiger partial charge in [0.15, 0.2) is 0 Å². The van der Waals surface area contributed by atoms with Crippen LogP contribution < -0.4 is 5.73 Å². The molecule has 0 spiro atoms. The molecular formula is C11H8F3NO. The topological polar surface area (TPSA) is 46.2 Å². The minimum absolute atomic E-state index is 0.0903. The third-order valence-electron chi connectivity index (χ3n) is 2.32. The maximum atomic E-state index is 12.7. The normalized spacial score (nSPS) is 11.9. The van der Waals surface area contributed by atoms with Crippen molar-refractivity contribution in [1.29, 1.82) is 0 Å². The van der Waals surface area contributed by atoms with Gasteiger partial charge in [-0.05, 0) is 29.0 Å². The number of hydrogen-bond acceptors (Lipinski definition) is 2. The van der Waals surface area contributed by atoms with Crippen LogP contribution in [0.25, 0.3) is 10.8 Å². The van der Waals surface area contributed by atoms with Gasteiger partial charge in [0.2, 0.25) is 0 Å². The zero-order valence-electron chi connectivity index (χ0n) is 8.05. The highest BCUT2D eigenvalue weighted by Crippen LogP contribution is 2.39. The van der Waals surface area contributed by atoms with Gasteiger partial charge in [-0.25, -0.2) is 0 Å². The summed E-state index contributed by atoms with van der Waals surface area (Å²) in [6.07, 6.45) is -4.53. The summed E-state index contributed by atoms with van der Waals surface area (Å²) in [5, 5.41) is 9.50. The summed E-state index contributed by atoms with van der Waals surface area (Å²) in [5.74, 6) is -0.219. The Labute approximate surface area is 89.1 Å². The van der Waals surface area contributed by atoms with Crippen molar-refractivity contribution in [1.82, 2.24) is 0 Å². The molecule has 0 atom stereocenters. The van der Waals surface area contributed by atoms with Gasteiger partial charge in [-0.15, -0.1) is 0 Å². The summed E-state index contributed by atoms with van der Waals surface area (Å²) >= 11 is 0. The third kappa shape index (κ3) is 1.64. The number of halogens is 3. The fraction of sp³-hybridized carbons (Fsp3) is 0.0909. The molecular weight excluding hydrogens is 219 g/mol. The smallest absolute Gasteiger partial charge is 0.418 e. The Bertz CT molecular complexity index is 543. The number of aromatic hydroxyl groups is 1. The highest BCUT2D eigenvalue weighted by atomic mass is 19.4. The van der Waals surface area contributed by atoms with E-state index >= 15 is 0 Å². The van der Waals surface area contributed by atoms with Crippen LogP contribution in [0.2, 0.25) is 0 Å². The first-order valence-corrected chi connectivity index (χ1v) is 4.48. The first-order valence-electron chi connectivity index (χ1n) is 4.48. The van der Waals surface area contributed by atoms with E-state index in [-0.39, 0.29) is 16.8 Å². The van der Waals surface area contributed by atoms with Crippen LogP contribution in [0.5, 0.6) is 5.75 Å². The quantitative estimate of drug-likeness (QED) is 0.679. The van der Waals surface area contributed by atoms with Crippen LogP contribution in [0.4, 0.5) is 18.9 Å². The van der Waals surface area contributed by atoms with Crippen LogP contribution in [0.3, 0.4) is 0 Å². The Kier molecular flexibility index (Phi) is 2.18. The second-order valence-corrected chi connectivity index (χ2v) is 3.43. The molecule has 2 aromatic rings. The van der Waals surface area contributed by atoms with Crippen LogP contribution in [0.1, 0.15) is 5.56 Å². The van der Waals surface area contributed by atoms with Crippen molar-refractivity contribution >= 4 is 16.5 Å². The molecule has 0 bridgehead atoms. The maximum Gasteiger partial charge on any atom is 0.418 e. The van der Waals surface area contributed by atoms with E-state index in [0.717, 1.165) is 6.07 Å². The van der Waals surface area contributed by atoms with Crippen LogP contribution in [-0.2, 0) is 6.18 Å². The highest BCUT2D eigenvalue weighted by Gasteiger charge is 2.34. The van der Waals surface area contributed by atoms with Crippen molar-refractivity contribution in [2.45, 2.75) is 6.18 Å². The molecule has 0 saturated heterocycles. The fourth-order valence-electron chi connectivity index (χ4n) is 1.64. The first-order chi connectivity index (χ1) is 7.39. The average Bonchev–Trinajstić information content (AvgIpc) is 2.14. The number of rotatable bonds is 0. The van der Waals surface area contributed by atoms with E-state index in [2.05, 4.69) is 0 Å². The molecule has 3 N–H and O–H groups in total. The molecule has 0 unspecified atom stereocenters. The van der Waals surface area contributed by atoms with Gasteiger partial charge >= 0.3 is 6.18 Å². The molecule has 0 amide bonds. The van der Waals surface area contributed by atoms with E-state index in [9.17, 15) is 18.3 Å². The van der Waals surface area contributed by atoms with Gasteiger partial charge in [-0.3, -0.25) is 0 Å². The standard InChI is InChI=1S/C11H8F3NO/c12-11(13,14)10-8-5-7(16)3-1-6(8)2-4-9(10)15/h1-5,16H,15H2. The van der Waals surface area contributed by atoms with Crippen LogP contribution in [0.15, 0.2) is 30.3 Å². The molecule has 5 heteroatoms. The van der Waals surface area contributed by atoms with Crippen molar-refractivity contribution < 1.29 is 18.3 Å². The van der Waals surface area contributed by atoms with Crippen LogP contribution in [-0.4, -0.2) is 5.11 Å². The second-order valence-electron chi connectivity index (χ2n) is 3.43. The number of nitrogens with two attached hydrogens (primary N) is 1. The largest absolute Gasteiger partial charge is 0.508 e. The molecule has 2 aromatic carbocycles. The lowest BCUT2D eigenvalue weighted by atomic mass is 10.0. The van der Waals surface area contributed by atoms with E-state index in [4.69, 9.17) is 5.73 Å². The molecule has 84 valence electrons. The minimum atomic E-state index is -4.53. The number of nitrogen functional groups attached to an aromatic ring is 1. The lowest BCUT2D eigenvalue weighted by Gasteiger charge is -2.13. The predicted octanol–water partition coefficient (Wildman–Crippen LogP) is 3.15. The van der Waals surface area contributed by atoms with E-state index in [1.807, 2.05) is 0 Å². The van der Waals surface area contributed by atoms with Crippen molar-refractivity contribution in [2.24, 2.45) is 0 Å². The zero-order chi connectivity index (χ0) is 11.9. The van der Waals surface area contributed by atoms with E-state index in [1.54, 1.807) is 0 Å². The minimum Gasteiger partial charge on any atom is -0.508 e. The van der Waals surface area contributed by atoms with Gasteiger partial charge in [0, 0.05) is 5.69 Å². The summed E-state index contributed by atoms with van der Waals surface area (Å²) < 4.78 is 38.2. The molecule has 0 fully saturated rings. The molecule has 0 aliphatic rings. The lowest BCUT2D eigenvalue weighted by Crippen LogP contribution is -2.09. The molecule has 2 nitrogen and oxygen atoms in total. The Hall–Kier alpha value is -1.91. The summed E-state index contributed by atoms with van der Waals surface area (Å²) in [6, 6.07) is 6.51. The maximum absolute atomic E-state index is 12.7. The number of phenolic OH excluding ortho intramolecular Hbond substituents is 1. The predicted molar refractivity (Wildman–Crippen MR) is 55.0 cm³/mol. The van der Waals surface area contributed by atoms with Gasteiger partial charge in [0.05, 0.1) is 5.56 Å². The van der Waals surface area contributed by atoms with Gasteiger partial charge in [-0.2, -0.15) is 13.2 Å². The zero-order valence-corrected chi connectivity index (χ0v) is 8.05. The van der Waals surface area contributed by atoms with Crippen LogP contribution >= 0.6 is 0 Å². The number of fused-ring (bicyclic) bond motifs is 1. The van der Waals surface area contributed by atoms with Crippen molar-refractivity contribution in [3.63, 3.8) is 0 Å². The molecule has 0 aromatic heterocycles. The molecule has 0 heterocycles. The van der Waals surface area contributed by atoms with Crippen molar-refractivity contribution in [3.05, 3.63) is 35.9 Å². The Balaban J connectivity index is 2.88. The molecule has 0 aliphatic carbocycles. The van der Waals surface area contributed by atoms with Crippen molar-refractivity contribution in [2.75, 3.05) is 5.73 Å². The Morgan fingerprint density at radius 1 is 1.06 bits per heavy atom. The highest BCUT2D eigenvalue weighted by molar-refractivity contribution is 5.91. The average molecular weight is 227 g/mol. The number of alkyl halides is 3. The van der Waals surface area contributed by atoms with Gasteiger partial charge in [-0.1, -0.05) is 12.1 Å². The molecule has 0 saturated carbocycles. The number of anilines is 1. The molecule has 2 rings (SSSR count). The SMILES string of the molecule is Nc1ccc2ccc(O)cc2c1C(F)(F)F. The summed E-state index contributed by atoms with van der Waals surface area (Å²) in [4.78, 5) is 0. The van der Waals surface area contributed by atoms with Gasteiger partial charge < -0.3 is 10.8 Å². The lowest BCUT2D eigenvalue weighted by molar-refractivity contribution is -0.135. The first kappa shape index (κ1) is 10.6. The molecule has 16 heavy (non-hydrogen) atoms. The summed E-state index contributed by atoms with van der Waals surface area (Å²) in [5.41, 5.74) is 4.08. The van der Waals surface area contributed by atoms with Gasteiger partial charge in [0.25, 0.3) is 0 Å². The summed E-state index contributed by atoms with van der Waals surface area (Å²) in [7, 11) is 0. The second kappa shape index (κ2) is 3.30. The van der Waals surface area contributed by atoms with Gasteiger partial charge in [0.1, 0.15) is 5.75 Å². The number of benzene rings is 2. The third-order valence-corrected chi connectivity index (χ3v) is 2.32. The summed E-state index contributed by atoms with van der Waals surface area (Å²) in [6.45, 7) is 0. The Morgan fingerprint density at radius 2 is 1.69 bits per heavy atom. The molecule has 0 radical (unpaired) electrons. The monoisotopic (exact) mass is 227 g/mol. The van der Waals surface area contributed by atoms with E-state index in [0.29, 0.717) is 5.39 Å². The van der Waals surface area contributed by atoms with Crippen molar-refractivity contribution in [3.8, 4) is 5.75 Å².